The summed E-state index contributed by atoms with van der Waals surface area (Å²) in [7, 11) is 0. The van der Waals surface area contributed by atoms with Crippen LogP contribution in [0, 0.1) is 0 Å². The number of aromatic nitrogens is 2. The second-order valence-electron chi connectivity index (χ2n) is 12.0. The minimum atomic E-state index is 0.891. The average molecular weight is 599 g/mol. The van der Waals surface area contributed by atoms with Gasteiger partial charge in [0.2, 0.25) is 0 Å². The van der Waals surface area contributed by atoms with Crippen molar-refractivity contribution in [2.24, 2.45) is 0 Å². The lowest BCUT2D eigenvalue weighted by Gasteiger charge is -2.18. The topological polar surface area (TPSA) is 28.7 Å². The van der Waals surface area contributed by atoms with Gasteiger partial charge in [0.25, 0.3) is 0 Å². The van der Waals surface area contributed by atoms with E-state index in [1.165, 1.54) is 60.5 Å². The third kappa shape index (κ3) is 4.79. The highest BCUT2D eigenvalue weighted by molar-refractivity contribution is 6.22. The van der Waals surface area contributed by atoms with E-state index in [-0.39, 0.29) is 0 Å². The predicted molar refractivity (Wildman–Crippen MR) is 198 cm³/mol. The van der Waals surface area contributed by atoms with Crippen molar-refractivity contribution in [3.05, 3.63) is 176 Å². The van der Waals surface area contributed by atoms with Crippen LogP contribution in [0.1, 0.15) is 0 Å². The van der Waals surface area contributed by atoms with E-state index in [1.54, 1.807) is 0 Å². The van der Waals surface area contributed by atoms with E-state index >= 15 is 0 Å². The van der Waals surface area contributed by atoms with Crippen molar-refractivity contribution in [2.45, 2.75) is 0 Å². The molecule has 1 heterocycles. The Balaban J connectivity index is 1.16. The second kappa shape index (κ2) is 11.3. The number of imidazole rings is 1. The molecule has 0 unspecified atom stereocenters. The summed E-state index contributed by atoms with van der Waals surface area (Å²) in [6.07, 6.45) is 0. The molecule has 220 valence electrons. The Hall–Kier alpha value is -6.25. The molecule has 47 heavy (non-hydrogen) atoms. The van der Waals surface area contributed by atoms with Gasteiger partial charge in [0, 0.05) is 5.56 Å². The van der Waals surface area contributed by atoms with Gasteiger partial charge in [0.15, 0.2) is 0 Å². The SMILES string of the molecule is c1ccc(-c2nc3cc(-c4ccc(-c5ccc6c(-c7ccccc7)c7ccccc7c(-c7ccccc7)c6c5)cc4)ccc3[nH]2)cc1. The van der Waals surface area contributed by atoms with Crippen molar-refractivity contribution < 1.29 is 0 Å². The van der Waals surface area contributed by atoms with Gasteiger partial charge in [0.1, 0.15) is 5.82 Å². The Morgan fingerprint density at radius 1 is 0.319 bits per heavy atom. The molecule has 9 rings (SSSR count). The van der Waals surface area contributed by atoms with E-state index in [1.807, 2.05) is 18.2 Å². The van der Waals surface area contributed by atoms with Crippen LogP contribution in [0.5, 0.6) is 0 Å². The largest absolute Gasteiger partial charge is 0.338 e. The summed E-state index contributed by atoms with van der Waals surface area (Å²) in [6, 6.07) is 63.0. The molecule has 1 aromatic heterocycles. The van der Waals surface area contributed by atoms with Crippen LogP contribution in [-0.4, -0.2) is 9.97 Å². The lowest BCUT2D eigenvalue weighted by Crippen LogP contribution is -1.91. The maximum Gasteiger partial charge on any atom is 0.138 e. The van der Waals surface area contributed by atoms with Crippen molar-refractivity contribution in [3.8, 4) is 55.9 Å². The molecule has 0 aliphatic heterocycles. The number of hydrogen-bond acceptors (Lipinski definition) is 1. The number of benzene rings is 8. The Morgan fingerprint density at radius 3 is 1.36 bits per heavy atom. The number of fused-ring (bicyclic) bond motifs is 3. The van der Waals surface area contributed by atoms with Crippen molar-refractivity contribution >= 4 is 32.6 Å². The highest BCUT2D eigenvalue weighted by atomic mass is 14.9. The quantitative estimate of drug-likeness (QED) is 0.196. The number of nitrogens with zero attached hydrogens (tertiary/aromatic N) is 1. The molecule has 2 heteroatoms. The Kier molecular flexibility index (Phi) is 6.50. The molecule has 9 aromatic rings. The normalized spacial score (nSPS) is 11.4. The van der Waals surface area contributed by atoms with Gasteiger partial charge in [-0.3, -0.25) is 0 Å². The Bertz CT molecular complexity index is 2530. The third-order valence-electron chi connectivity index (χ3n) is 9.23. The van der Waals surface area contributed by atoms with Crippen molar-refractivity contribution in [1.29, 1.82) is 0 Å². The number of nitrogens with one attached hydrogen (secondary N) is 1. The number of rotatable bonds is 5. The summed E-state index contributed by atoms with van der Waals surface area (Å²) in [5.74, 6) is 0.891. The molecule has 0 fully saturated rings. The molecule has 1 N–H and O–H groups in total. The third-order valence-corrected chi connectivity index (χ3v) is 9.23. The summed E-state index contributed by atoms with van der Waals surface area (Å²) in [5.41, 5.74) is 12.8. The zero-order chi connectivity index (χ0) is 31.2. The maximum atomic E-state index is 4.89. The zero-order valence-corrected chi connectivity index (χ0v) is 25.7. The second-order valence-corrected chi connectivity index (χ2v) is 12.0. The van der Waals surface area contributed by atoms with E-state index in [0.717, 1.165) is 28.0 Å². The van der Waals surface area contributed by atoms with Gasteiger partial charge in [-0.25, -0.2) is 4.98 Å². The first kappa shape index (κ1) is 27.1. The highest BCUT2D eigenvalue weighted by Gasteiger charge is 2.17. The lowest BCUT2D eigenvalue weighted by atomic mass is 9.85. The maximum absolute atomic E-state index is 4.89. The number of aromatic amines is 1. The van der Waals surface area contributed by atoms with E-state index in [2.05, 4.69) is 163 Å². The summed E-state index contributed by atoms with van der Waals surface area (Å²) in [5, 5.41) is 5.05. The molecule has 0 spiro atoms. The molecule has 2 nitrogen and oxygen atoms in total. The van der Waals surface area contributed by atoms with Crippen LogP contribution in [0.15, 0.2) is 176 Å². The van der Waals surface area contributed by atoms with Gasteiger partial charge >= 0.3 is 0 Å². The van der Waals surface area contributed by atoms with Crippen LogP contribution in [0.2, 0.25) is 0 Å². The first-order chi connectivity index (χ1) is 23.3. The first-order valence-corrected chi connectivity index (χ1v) is 16.1. The monoisotopic (exact) mass is 598 g/mol. The molecular formula is C45H30N2. The molecule has 0 bridgehead atoms. The lowest BCUT2D eigenvalue weighted by molar-refractivity contribution is 1.34. The van der Waals surface area contributed by atoms with Crippen molar-refractivity contribution in [1.82, 2.24) is 9.97 Å². The summed E-state index contributed by atoms with van der Waals surface area (Å²) >= 11 is 0. The van der Waals surface area contributed by atoms with Gasteiger partial charge < -0.3 is 4.98 Å². The summed E-state index contributed by atoms with van der Waals surface area (Å²) < 4.78 is 0. The average Bonchev–Trinajstić information content (AvgIpc) is 3.59. The molecular weight excluding hydrogens is 569 g/mol. The Labute approximate surface area is 273 Å². The molecule has 0 aliphatic carbocycles. The van der Waals surface area contributed by atoms with Crippen LogP contribution in [0.4, 0.5) is 0 Å². The minimum absolute atomic E-state index is 0.891. The van der Waals surface area contributed by atoms with Crippen LogP contribution in [0.25, 0.3) is 88.5 Å². The van der Waals surface area contributed by atoms with E-state index in [4.69, 9.17) is 4.98 Å². The molecule has 0 saturated heterocycles. The number of H-pyrrole nitrogens is 1. The van der Waals surface area contributed by atoms with E-state index in [0.29, 0.717) is 0 Å². The van der Waals surface area contributed by atoms with Crippen molar-refractivity contribution in [2.75, 3.05) is 0 Å². The van der Waals surface area contributed by atoms with Crippen LogP contribution in [0.3, 0.4) is 0 Å². The van der Waals surface area contributed by atoms with E-state index in [9.17, 15) is 0 Å². The predicted octanol–water partition coefficient (Wildman–Crippen LogP) is 12.2. The molecule has 0 amide bonds. The van der Waals surface area contributed by atoms with Crippen LogP contribution >= 0.6 is 0 Å². The van der Waals surface area contributed by atoms with Crippen LogP contribution in [-0.2, 0) is 0 Å². The number of hydrogen-bond donors (Lipinski definition) is 1. The summed E-state index contributed by atoms with van der Waals surface area (Å²) in [4.78, 5) is 8.36. The van der Waals surface area contributed by atoms with E-state index < -0.39 is 0 Å². The fourth-order valence-electron chi connectivity index (χ4n) is 6.96. The molecule has 0 aliphatic rings. The first-order valence-electron chi connectivity index (χ1n) is 16.1. The van der Waals surface area contributed by atoms with Gasteiger partial charge in [-0.05, 0) is 84.3 Å². The van der Waals surface area contributed by atoms with Gasteiger partial charge in [-0.1, -0.05) is 158 Å². The standard InChI is InChI=1S/C45H30N2/c1-4-12-32(13-5-1)43-37-18-10-11-19-38(37)44(33-14-6-2-7-15-33)40-28-35(24-26-39(40)43)30-20-22-31(23-21-30)36-25-27-41-42(29-36)47-45(46-41)34-16-8-3-9-17-34/h1-29H,(H,46,47). The smallest absolute Gasteiger partial charge is 0.138 e. The molecule has 8 aromatic carbocycles. The highest BCUT2D eigenvalue weighted by Crippen LogP contribution is 2.44. The molecule has 0 radical (unpaired) electrons. The van der Waals surface area contributed by atoms with Crippen molar-refractivity contribution in [3.63, 3.8) is 0 Å². The van der Waals surface area contributed by atoms with Gasteiger partial charge in [0.05, 0.1) is 11.0 Å². The summed E-state index contributed by atoms with van der Waals surface area (Å²) in [6.45, 7) is 0. The fourth-order valence-corrected chi connectivity index (χ4v) is 6.96. The molecule has 0 atom stereocenters. The zero-order valence-electron chi connectivity index (χ0n) is 25.7. The fraction of sp³-hybridized carbons (Fsp3) is 0. The van der Waals surface area contributed by atoms with Gasteiger partial charge in [-0.15, -0.1) is 0 Å². The molecule has 0 saturated carbocycles. The Morgan fingerprint density at radius 2 is 0.766 bits per heavy atom. The minimum Gasteiger partial charge on any atom is -0.338 e. The van der Waals surface area contributed by atoms with Gasteiger partial charge in [-0.2, -0.15) is 0 Å². The van der Waals surface area contributed by atoms with Crippen LogP contribution < -0.4 is 0 Å².